The number of ether oxygens (including phenoxy) is 1. The highest BCUT2D eigenvalue weighted by Gasteiger charge is 2.00. The molecule has 0 unspecified atom stereocenters. The molecule has 20 heavy (non-hydrogen) atoms. The fraction of sp³-hybridized carbons (Fsp3) is 0.133. The molecule has 2 N–H and O–H groups in total. The van der Waals surface area contributed by atoms with Gasteiger partial charge in [0.05, 0.1) is 19.0 Å². The highest BCUT2D eigenvalue weighted by Crippen LogP contribution is 2.25. The number of nitrogens with one attached hydrogen (secondary N) is 1. The third kappa shape index (κ3) is 3.42. The van der Waals surface area contributed by atoms with Crippen LogP contribution >= 0.6 is 11.6 Å². The lowest BCUT2D eigenvalue weighted by molar-refractivity contribution is 0.373. The van der Waals surface area contributed by atoms with Gasteiger partial charge in [0.15, 0.2) is 11.5 Å². The normalized spacial score (nSPS) is 10.8. The van der Waals surface area contributed by atoms with E-state index in [2.05, 4.69) is 10.5 Å². The van der Waals surface area contributed by atoms with Crippen molar-refractivity contribution in [3.05, 3.63) is 52.5 Å². The Hall–Kier alpha value is -2.20. The molecule has 2 aromatic rings. The predicted octanol–water partition coefficient (Wildman–Crippen LogP) is 3.81. The van der Waals surface area contributed by atoms with Gasteiger partial charge in [-0.1, -0.05) is 17.7 Å². The summed E-state index contributed by atoms with van der Waals surface area (Å²) in [7, 11) is 1.51. The molecule has 0 heterocycles. The van der Waals surface area contributed by atoms with E-state index in [1.165, 1.54) is 7.11 Å². The van der Waals surface area contributed by atoms with Gasteiger partial charge in [-0.05, 0) is 48.4 Å². The Morgan fingerprint density at radius 2 is 2.05 bits per heavy atom. The number of benzene rings is 2. The van der Waals surface area contributed by atoms with Crippen molar-refractivity contribution in [1.29, 1.82) is 0 Å². The first-order chi connectivity index (χ1) is 9.60. The topological polar surface area (TPSA) is 53.8 Å². The zero-order valence-electron chi connectivity index (χ0n) is 11.2. The molecule has 0 bridgehead atoms. The van der Waals surface area contributed by atoms with Crippen LogP contribution in [0.15, 0.2) is 41.5 Å². The lowest BCUT2D eigenvalue weighted by Crippen LogP contribution is -1.92. The summed E-state index contributed by atoms with van der Waals surface area (Å²) in [5, 5.41) is 14.4. The van der Waals surface area contributed by atoms with E-state index in [0.717, 1.165) is 16.8 Å². The van der Waals surface area contributed by atoms with Crippen molar-refractivity contribution in [2.75, 3.05) is 12.5 Å². The van der Waals surface area contributed by atoms with Gasteiger partial charge in [0.25, 0.3) is 0 Å². The van der Waals surface area contributed by atoms with Crippen LogP contribution in [-0.4, -0.2) is 18.4 Å². The molecule has 5 heteroatoms. The fourth-order valence-electron chi connectivity index (χ4n) is 1.63. The summed E-state index contributed by atoms with van der Waals surface area (Å²) >= 11 is 6.03. The van der Waals surface area contributed by atoms with E-state index >= 15 is 0 Å². The molecule has 0 saturated carbocycles. The highest BCUT2D eigenvalue weighted by atomic mass is 35.5. The van der Waals surface area contributed by atoms with Crippen LogP contribution in [0.2, 0.25) is 5.02 Å². The molecular formula is C15H15ClN2O2. The lowest BCUT2D eigenvalue weighted by Gasteiger charge is -2.04. The van der Waals surface area contributed by atoms with Crippen LogP contribution in [0.3, 0.4) is 0 Å². The van der Waals surface area contributed by atoms with Crippen LogP contribution < -0.4 is 10.2 Å². The number of nitrogens with zero attached hydrogens (tertiary/aromatic N) is 1. The first-order valence-electron chi connectivity index (χ1n) is 6.02. The molecule has 2 rings (SSSR count). The Balaban J connectivity index is 2.06. The highest BCUT2D eigenvalue weighted by molar-refractivity contribution is 6.31. The average Bonchev–Trinajstić information content (AvgIpc) is 2.43. The number of methoxy groups -OCH3 is 1. The second kappa shape index (κ2) is 6.30. The first-order valence-corrected chi connectivity index (χ1v) is 6.40. The monoisotopic (exact) mass is 290 g/mol. The van der Waals surface area contributed by atoms with Crippen molar-refractivity contribution in [2.45, 2.75) is 6.92 Å². The third-order valence-electron chi connectivity index (χ3n) is 2.78. The maximum absolute atomic E-state index is 9.65. The van der Waals surface area contributed by atoms with Crippen LogP contribution in [0.5, 0.6) is 11.5 Å². The molecule has 4 nitrogen and oxygen atoms in total. The van der Waals surface area contributed by atoms with Crippen LogP contribution in [0.4, 0.5) is 5.69 Å². The summed E-state index contributed by atoms with van der Waals surface area (Å²) in [6, 6.07) is 10.7. The number of hydrogen-bond acceptors (Lipinski definition) is 4. The average molecular weight is 291 g/mol. The maximum Gasteiger partial charge on any atom is 0.160 e. The second-order valence-electron chi connectivity index (χ2n) is 4.27. The van der Waals surface area contributed by atoms with E-state index in [4.69, 9.17) is 16.3 Å². The van der Waals surface area contributed by atoms with E-state index in [1.54, 1.807) is 30.5 Å². The van der Waals surface area contributed by atoms with E-state index in [-0.39, 0.29) is 5.75 Å². The van der Waals surface area contributed by atoms with Gasteiger partial charge in [-0.3, -0.25) is 5.43 Å². The second-order valence-corrected chi connectivity index (χ2v) is 4.67. The van der Waals surface area contributed by atoms with Crippen molar-refractivity contribution < 1.29 is 9.84 Å². The molecule has 0 aliphatic heterocycles. The van der Waals surface area contributed by atoms with Crippen molar-refractivity contribution in [1.82, 2.24) is 0 Å². The smallest absolute Gasteiger partial charge is 0.160 e. The number of phenols is 1. The van der Waals surface area contributed by atoms with E-state index in [0.29, 0.717) is 10.8 Å². The Bertz CT molecular complexity index is 642. The Morgan fingerprint density at radius 1 is 1.25 bits per heavy atom. The quantitative estimate of drug-likeness (QED) is 0.665. The van der Waals surface area contributed by atoms with Crippen LogP contribution in [0.1, 0.15) is 11.1 Å². The molecule has 0 atom stereocenters. The van der Waals surface area contributed by atoms with Crippen molar-refractivity contribution in [2.24, 2.45) is 5.10 Å². The molecule has 104 valence electrons. The molecular weight excluding hydrogens is 276 g/mol. The fourth-order valence-corrected chi connectivity index (χ4v) is 1.81. The van der Waals surface area contributed by atoms with Crippen molar-refractivity contribution in [3.8, 4) is 11.5 Å². The van der Waals surface area contributed by atoms with Gasteiger partial charge in [-0.25, -0.2) is 0 Å². The number of phenolic OH excluding ortho intramolecular Hbond substituents is 1. The number of aromatic hydroxyl groups is 1. The van der Waals surface area contributed by atoms with E-state index < -0.39 is 0 Å². The summed E-state index contributed by atoms with van der Waals surface area (Å²) in [5.74, 6) is 0.509. The molecule has 0 spiro atoms. The summed E-state index contributed by atoms with van der Waals surface area (Å²) in [6.45, 7) is 1.94. The van der Waals surface area contributed by atoms with Gasteiger partial charge >= 0.3 is 0 Å². The molecule has 2 aromatic carbocycles. The molecule has 0 fully saturated rings. The van der Waals surface area contributed by atoms with Gasteiger partial charge < -0.3 is 9.84 Å². The molecule has 0 aliphatic carbocycles. The van der Waals surface area contributed by atoms with E-state index in [9.17, 15) is 5.11 Å². The van der Waals surface area contributed by atoms with Gasteiger partial charge in [0.1, 0.15) is 0 Å². The summed E-state index contributed by atoms with van der Waals surface area (Å²) < 4.78 is 4.97. The lowest BCUT2D eigenvalue weighted by atomic mass is 10.2. The van der Waals surface area contributed by atoms with Gasteiger partial charge in [-0.15, -0.1) is 0 Å². The molecule has 0 amide bonds. The molecule has 0 saturated heterocycles. The number of hydrazone groups is 1. The van der Waals surface area contributed by atoms with Gasteiger partial charge in [0.2, 0.25) is 0 Å². The minimum Gasteiger partial charge on any atom is -0.504 e. The number of aryl methyl sites for hydroxylation is 1. The SMILES string of the molecule is COc1ccc(C=NNc2ccc(C)c(Cl)c2)cc1O. The molecule has 0 aromatic heterocycles. The Morgan fingerprint density at radius 3 is 2.70 bits per heavy atom. The first kappa shape index (κ1) is 14.2. The number of halogens is 1. The third-order valence-corrected chi connectivity index (χ3v) is 3.19. The number of hydrogen-bond donors (Lipinski definition) is 2. The largest absolute Gasteiger partial charge is 0.504 e. The zero-order chi connectivity index (χ0) is 14.5. The van der Waals surface area contributed by atoms with Gasteiger partial charge in [-0.2, -0.15) is 5.10 Å². The number of rotatable bonds is 4. The van der Waals surface area contributed by atoms with Crippen molar-refractivity contribution in [3.63, 3.8) is 0 Å². The summed E-state index contributed by atoms with van der Waals surface area (Å²) in [5.41, 5.74) is 5.46. The maximum atomic E-state index is 9.65. The molecule has 0 aliphatic rings. The minimum atomic E-state index is 0.0785. The Labute approximate surface area is 122 Å². The Kier molecular flexibility index (Phi) is 4.48. The van der Waals surface area contributed by atoms with Gasteiger partial charge in [0, 0.05) is 5.02 Å². The zero-order valence-corrected chi connectivity index (χ0v) is 12.0. The summed E-state index contributed by atoms with van der Waals surface area (Å²) in [6.07, 6.45) is 1.60. The predicted molar refractivity (Wildman–Crippen MR) is 82.1 cm³/mol. The van der Waals surface area contributed by atoms with Crippen molar-refractivity contribution >= 4 is 23.5 Å². The molecule has 0 radical (unpaired) electrons. The van der Waals surface area contributed by atoms with Crippen LogP contribution in [0.25, 0.3) is 0 Å². The van der Waals surface area contributed by atoms with Crippen LogP contribution in [0, 0.1) is 6.92 Å². The van der Waals surface area contributed by atoms with E-state index in [1.807, 2.05) is 19.1 Å². The summed E-state index contributed by atoms with van der Waals surface area (Å²) in [4.78, 5) is 0. The minimum absolute atomic E-state index is 0.0785. The standard InChI is InChI=1S/C15H15ClN2O2/c1-10-3-5-12(8-13(10)16)18-17-9-11-4-6-15(20-2)14(19)7-11/h3-9,18-19H,1-2H3. The number of anilines is 1. The van der Waals surface area contributed by atoms with Crippen LogP contribution in [-0.2, 0) is 0 Å².